The number of nitrogens with one attached hydrogen (secondary N) is 1. The van der Waals surface area contributed by atoms with Gasteiger partial charge in [0.25, 0.3) is 17.3 Å². The molecule has 11 heteroatoms. The van der Waals surface area contributed by atoms with E-state index in [0.29, 0.717) is 6.07 Å². The van der Waals surface area contributed by atoms with Gasteiger partial charge in [-0.2, -0.15) is 0 Å². The van der Waals surface area contributed by atoms with Crippen molar-refractivity contribution < 1.29 is 24.5 Å². The van der Waals surface area contributed by atoms with Gasteiger partial charge >= 0.3 is 5.97 Å². The molecule has 0 unspecified atom stereocenters. The zero-order chi connectivity index (χ0) is 18.7. The van der Waals surface area contributed by atoms with E-state index in [2.05, 4.69) is 5.32 Å². The first-order valence-corrected chi connectivity index (χ1v) is 6.85. The number of anilines is 1. The maximum absolute atomic E-state index is 12.3. The van der Waals surface area contributed by atoms with Gasteiger partial charge in [-0.3, -0.25) is 25.0 Å². The first-order chi connectivity index (χ1) is 11.7. The molecule has 2 rings (SSSR count). The number of benzene rings is 2. The fraction of sp³-hybridized carbons (Fsp3) is 0. The van der Waals surface area contributed by atoms with Gasteiger partial charge in [-0.15, -0.1) is 0 Å². The fourth-order valence-corrected chi connectivity index (χ4v) is 2.11. The van der Waals surface area contributed by atoms with Crippen molar-refractivity contribution in [1.29, 1.82) is 0 Å². The molecule has 2 aromatic rings. The highest BCUT2D eigenvalue weighted by molar-refractivity contribution is 6.31. The summed E-state index contributed by atoms with van der Waals surface area (Å²) in [6, 6.07) is 6.03. The first kappa shape index (κ1) is 17.8. The minimum absolute atomic E-state index is 0.144. The van der Waals surface area contributed by atoms with Crippen molar-refractivity contribution >= 4 is 40.5 Å². The Morgan fingerprint density at radius 3 is 2.04 bits per heavy atom. The lowest BCUT2D eigenvalue weighted by atomic mass is 10.1. The van der Waals surface area contributed by atoms with Gasteiger partial charge in [0.2, 0.25) is 0 Å². The van der Waals surface area contributed by atoms with E-state index in [1.54, 1.807) is 0 Å². The second-order valence-electron chi connectivity index (χ2n) is 4.70. The van der Waals surface area contributed by atoms with Crippen LogP contribution in [0, 0.1) is 20.2 Å². The SMILES string of the molecule is O=C(Nc1cc(Cl)ccc1C(=O)O)c1cc([N+](=O)[O-])cc([N+](=O)[O-])c1. The van der Waals surface area contributed by atoms with Crippen LogP contribution < -0.4 is 5.32 Å². The smallest absolute Gasteiger partial charge is 0.337 e. The molecule has 0 saturated carbocycles. The minimum atomic E-state index is -1.34. The number of carboxylic acid groups (broad SMARTS) is 1. The topological polar surface area (TPSA) is 153 Å². The van der Waals surface area contributed by atoms with Gasteiger partial charge in [-0.25, -0.2) is 4.79 Å². The molecule has 0 bridgehead atoms. The Kier molecular flexibility index (Phi) is 4.94. The van der Waals surface area contributed by atoms with E-state index in [9.17, 15) is 29.8 Å². The van der Waals surface area contributed by atoms with Gasteiger partial charge in [0.1, 0.15) is 0 Å². The van der Waals surface area contributed by atoms with E-state index >= 15 is 0 Å². The molecular formula is C14H8ClN3O7. The standard InChI is InChI=1S/C14H8ClN3O7/c15-8-1-2-11(14(20)21)12(5-8)16-13(19)7-3-9(17(22)23)6-10(4-7)18(24)25/h1-6H,(H,16,19)(H,20,21). The number of rotatable bonds is 5. The average molecular weight is 366 g/mol. The predicted molar refractivity (Wildman–Crippen MR) is 86.1 cm³/mol. The van der Waals surface area contributed by atoms with Gasteiger partial charge in [0.05, 0.1) is 32.7 Å². The number of halogens is 1. The molecule has 2 N–H and O–H groups in total. The summed E-state index contributed by atoms with van der Waals surface area (Å²) >= 11 is 5.76. The number of hydrogen-bond donors (Lipinski definition) is 2. The van der Waals surface area contributed by atoms with Crippen molar-refractivity contribution in [2.75, 3.05) is 5.32 Å². The monoisotopic (exact) mass is 365 g/mol. The van der Waals surface area contributed by atoms with Crippen LogP contribution in [0.1, 0.15) is 20.7 Å². The summed E-state index contributed by atoms with van der Waals surface area (Å²) in [7, 11) is 0. The highest BCUT2D eigenvalue weighted by Gasteiger charge is 2.21. The lowest BCUT2D eigenvalue weighted by Crippen LogP contribution is -2.15. The Morgan fingerprint density at radius 1 is 1.00 bits per heavy atom. The van der Waals surface area contributed by atoms with Crippen LogP contribution in [-0.4, -0.2) is 26.8 Å². The van der Waals surface area contributed by atoms with Gasteiger partial charge < -0.3 is 10.4 Å². The van der Waals surface area contributed by atoms with Crippen LogP contribution >= 0.6 is 11.6 Å². The number of carboxylic acids is 1. The molecule has 0 saturated heterocycles. The number of amides is 1. The summed E-state index contributed by atoms with van der Waals surface area (Å²) < 4.78 is 0. The second kappa shape index (κ2) is 6.93. The number of carbonyl (C=O) groups excluding carboxylic acids is 1. The molecule has 0 atom stereocenters. The van der Waals surface area contributed by atoms with E-state index in [1.807, 2.05) is 0 Å². The van der Waals surface area contributed by atoms with Gasteiger partial charge in [-0.05, 0) is 18.2 Å². The largest absolute Gasteiger partial charge is 0.478 e. The minimum Gasteiger partial charge on any atom is -0.478 e. The number of nitro benzene ring substituents is 2. The van der Waals surface area contributed by atoms with Crippen molar-refractivity contribution in [2.24, 2.45) is 0 Å². The molecule has 0 fully saturated rings. The highest BCUT2D eigenvalue weighted by atomic mass is 35.5. The molecule has 0 aliphatic heterocycles. The molecule has 128 valence electrons. The Morgan fingerprint density at radius 2 is 1.56 bits per heavy atom. The number of hydrogen-bond acceptors (Lipinski definition) is 6. The zero-order valence-corrected chi connectivity index (χ0v) is 12.9. The van der Waals surface area contributed by atoms with Gasteiger partial charge in [-0.1, -0.05) is 11.6 Å². The molecule has 0 aromatic heterocycles. The number of non-ortho nitro benzene ring substituents is 2. The number of nitro groups is 2. The quantitative estimate of drug-likeness (QED) is 0.609. The molecule has 25 heavy (non-hydrogen) atoms. The maximum Gasteiger partial charge on any atom is 0.337 e. The average Bonchev–Trinajstić information content (AvgIpc) is 2.54. The van der Waals surface area contributed by atoms with Crippen LogP contribution in [0.15, 0.2) is 36.4 Å². The third kappa shape index (κ3) is 4.06. The summed E-state index contributed by atoms with van der Waals surface area (Å²) in [5, 5.41) is 33.2. The summed E-state index contributed by atoms with van der Waals surface area (Å²) in [5.41, 5.74) is -2.10. The van der Waals surface area contributed by atoms with Crippen molar-refractivity contribution in [3.63, 3.8) is 0 Å². The van der Waals surface area contributed by atoms with E-state index in [1.165, 1.54) is 12.1 Å². The molecule has 1 amide bonds. The zero-order valence-electron chi connectivity index (χ0n) is 12.1. The Bertz CT molecular complexity index is 881. The van der Waals surface area contributed by atoms with Crippen LogP contribution in [0.25, 0.3) is 0 Å². The van der Waals surface area contributed by atoms with Crippen molar-refractivity contribution in [3.8, 4) is 0 Å². The summed E-state index contributed by atoms with van der Waals surface area (Å²) in [6.07, 6.45) is 0. The van der Waals surface area contributed by atoms with Gasteiger partial charge in [0, 0.05) is 17.2 Å². The van der Waals surface area contributed by atoms with Crippen LogP contribution in [0.4, 0.5) is 17.1 Å². The van der Waals surface area contributed by atoms with E-state index in [0.717, 1.165) is 18.2 Å². The fourth-order valence-electron chi connectivity index (χ4n) is 1.94. The van der Waals surface area contributed by atoms with Crippen LogP contribution in [0.3, 0.4) is 0 Å². The molecule has 0 radical (unpaired) electrons. The van der Waals surface area contributed by atoms with Gasteiger partial charge in [0.15, 0.2) is 0 Å². The summed E-state index contributed by atoms with van der Waals surface area (Å²) in [6.45, 7) is 0. The number of nitrogens with zero attached hydrogens (tertiary/aromatic N) is 2. The molecule has 0 aliphatic rings. The Labute approximate surface area is 143 Å². The van der Waals surface area contributed by atoms with E-state index in [-0.39, 0.29) is 21.8 Å². The van der Waals surface area contributed by atoms with Crippen LogP contribution in [0.2, 0.25) is 5.02 Å². The summed E-state index contributed by atoms with van der Waals surface area (Å²) in [4.78, 5) is 43.4. The molecule has 0 spiro atoms. The molecular weight excluding hydrogens is 358 g/mol. The lowest BCUT2D eigenvalue weighted by molar-refractivity contribution is -0.394. The molecule has 2 aromatic carbocycles. The normalized spacial score (nSPS) is 10.1. The predicted octanol–water partition coefficient (Wildman–Crippen LogP) is 3.11. The number of carbonyl (C=O) groups is 2. The highest BCUT2D eigenvalue weighted by Crippen LogP contribution is 2.25. The number of aromatic carboxylic acids is 1. The van der Waals surface area contributed by atoms with E-state index in [4.69, 9.17) is 16.7 Å². The maximum atomic E-state index is 12.3. The van der Waals surface area contributed by atoms with E-state index < -0.39 is 33.1 Å². The lowest BCUT2D eigenvalue weighted by Gasteiger charge is -2.09. The van der Waals surface area contributed by atoms with Crippen molar-refractivity contribution in [1.82, 2.24) is 0 Å². The Balaban J connectivity index is 2.45. The molecule has 0 heterocycles. The third-order valence-electron chi connectivity index (χ3n) is 3.05. The Hall–Kier alpha value is -3.53. The third-order valence-corrected chi connectivity index (χ3v) is 3.28. The van der Waals surface area contributed by atoms with Crippen molar-refractivity contribution in [2.45, 2.75) is 0 Å². The van der Waals surface area contributed by atoms with Crippen LogP contribution in [0.5, 0.6) is 0 Å². The van der Waals surface area contributed by atoms with Crippen molar-refractivity contribution in [3.05, 3.63) is 72.8 Å². The van der Waals surface area contributed by atoms with Crippen LogP contribution in [-0.2, 0) is 0 Å². The second-order valence-corrected chi connectivity index (χ2v) is 5.14. The first-order valence-electron chi connectivity index (χ1n) is 6.47. The summed E-state index contributed by atoms with van der Waals surface area (Å²) in [5.74, 6) is -2.30. The molecule has 10 nitrogen and oxygen atoms in total. The molecule has 0 aliphatic carbocycles.